The number of halogens is 1. The van der Waals surface area contributed by atoms with Gasteiger partial charge in [-0.3, -0.25) is 14.3 Å². The molecule has 2 N–H and O–H groups in total. The molecule has 2 heterocycles. The summed E-state index contributed by atoms with van der Waals surface area (Å²) in [4.78, 5) is 25.1. The van der Waals surface area contributed by atoms with Crippen LogP contribution in [0.5, 0.6) is 0 Å². The molecule has 0 saturated carbocycles. The molecule has 0 bridgehead atoms. The van der Waals surface area contributed by atoms with E-state index in [0.29, 0.717) is 9.26 Å². The molecule has 0 aliphatic rings. The highest BCUT2D eigenvalue weighted by molar-refractivity contribution is 14.1. The molecule has 108 valence electrons. The lowest BCUT2D eigenvalue weighted by atomic mass is 10.4. The maximum Gasteiger partial charge on any atom is 0.328 e. The Balaban J connectivity index is 2.09. The van der Waals surface area contributed by atoms with E-state index >= 15 is 0 Å². The van der Waals surface area contributed by atoms with Crippen molar-refractivity contribution in [2.75, 3.05) is 13.2 Å². The van der Waals surface area contributed by atoms with Gasteiger partial charge in [0, 0.05) is 6.20 Å². The number of hydrogen-bond acceptors (Lipinski definition) is 6. The van der Waals surface area contributed by atoms with Gasteiger partial charge in [-0.2, -0.15) is 0 Å². The molecule has 2 aromatic rings. The average Bonchev–Trinajstić information content (AvgIpc) is 2.84. The number of hydrogen-bond donors (Lipinski definition) is 2. The number of ether oxygens (including phenoxy) is 1. The maximum atomic E-state index is 11.6. The zero-order chi connectivity index (χ0) is 14.5. The minimum absolute atomic E-state index is 0.0627. The number of aliphatic hydroxyl groups is 1. The summed E-state index contributed by atoms with van der Waals surface area (Å²) in [5, 5.41) is 16.3. The number of aromatic amines is 1. The van der Waals surface area contributed by atoms with Crippen molar-refractivity contribution in [3.63, 3.8) is 0 Å². The normalized spacial score (nSPS) is 10.9. The van der Waals surface area contributed by atoms with Crippen LogP contribution in [0.1, 0.15) is 5.69 Å². The second-order valence-corrected chi connectivity index (χ2v) is 5.04. The standard InChI is InChI=1S/C10H12IN5O4/c11-8-5-15(10(19)12-9(8)18)3-7-4-16(14-13-7)6-20-2-1-17/h4-5,17H,1-3,6H2,(H,12,18,19). The molecule has 0 amide bonds. The molecule has 0 aliphatic carbocycles. The molecule has 0 saturated heterocycles. The first-order valence-corrected chi connectivity index (χ1v) is 6.75. The Hall–Kier alpha value is -1.53. The molecule has 0 fully saturated rings. The number of nitrogens with zero attached hydrogens (tertiary/aromatic N) is 4. The Morgan fingerprint density at radius 1 is 1.40 bits per heavy atom. The van der Waals surface area contributed by atoms with Gasteiger partial charge in [0.25, 0.3) is 5.56 Å². The van der Waals surface area contributed by atoms with Crippen molar-refractivity contribution in [3.05, 3.63) is 42.5 Å². The van der Waals surface area contributed by atoms with Crippen LogP contribution in [0.2, 0.25) is 0 Å². The van der Waals surface area contributed by atoms with Crippen LogP contribution >= 0.6 is 22.6 Å². The van der Waals surface area contributed by atoms with Gasteiger partial charge in [-0.05, 0) is 22.6 Å². The first-order chi connectivity index (χ1) is 9.60. The second kappa shape index (κ2) is 6.76. The highest BCUT2D eigenvalue weighted by Crippen LogP contribution is 1.98. The van der Waals surface area contributed by atoms with Crippen LogP contribution in [0.4, 0.5) is 0 Å². The number of aromatic nitrogens is 5. The van der Waals surface area contributed by atoms with E-state index in [0.717, 1.165) is 0 Å². The lowest BCUT2D eigenvalue weighted by Crippen LogP contribution is -2.31. The van der Waals surface area contributed by atoms with Gasteiger partial charge in [-0.1, -0.05) is 5.21 Å². The molecule has 0 spiro atoms. The lowest BCUT2D eigenvalue weighted by molar-refractivity contribution is 0.0409. The predicted octanol–water partition coefficient (Wildman–Crippen LogP) is -1.25. The number of H-pyrrole nitrogens is 1. The van der Waals surface area contributed by atoms with E-state index in [2.05, 4.69) is 15.3 Å². The van der Waals surface area contributed by atoms with Crippen LogP contribution in [0.15, 0.2) is 22.0 Å². The fourth-order valence-corrected chi connectivity index (χ4v) is 1.94. The third-order valence-corrected chi connectivity index (χ3v) is 3.11. The highest BCUT2D eigenvalue weighted by Gasteiger charge is 2.06. The van der Waals surface area contributed by atoms with Gasteiger partial charge in [-0.15, -0.1) is 5.10 Å². The Morgan fingerprint density at radius 3 is 2.95 bits per heavy atom. The number of aliphatic hydroxyl groups excluding tert-OH is 1. The summed E-state index contributed by atoms with van der Waals surface area (Å²) in [6.45, 7) is 0.525. The lowest BCUT2D eigenvalue weighted by Gasteiger charge is -2.02. The van der Waals surface area contributed by atoms with Crippen LogP contribution in [0.25, 0.3) is 0 Å². The Kier molecular flexibility index (Phi) is 5.03. The largest absolute Gasteiger partial charge is 0.394 e. The molecule has 20 heavy (non-hydrogen) atoms. The van der Waals surface area contributed by atoms with Crippen molar-refractivity contribution in [2.45, 2.75) is 13.3 Å². The third kappa shape index (κ3) is 3.74. The third-order valence-electron chi connectivity index (χ3n) is 2.35. The second-order valence-electron chi connectivity index (χ2n) is 3.87. The molecule has 0 radical (unpaired) electrons. The summed E-state index contributed by atoms with van der Waals surface area (Å²) in [6, 6.07) is 0. The van der Waals surface area contributed by atoms with Crippen molar-refractivity contribution >= 4 is 22.6 Å². The molecule has 9 nitrogen and oxygen atoms in total. The van der Waals surface area contributed by atoms with Gasteiger partial charge >= 0.3 is 5.69 Å². The number of nitrogens with one attached hydrogen (secondary N) is 1. The van der Waals surface area contributed by atoms with E-state index in [9.17, 15) is 9.59 Å². The van der Waals surface area contributed by atoms with Crippen LogP contribution < -0.4 is 11.2 Å². The van der Waals surface area contributed by atoms with Crippen LogP contribution in [-0.4, -0.2) is 42.9 Å². The van der Waals surface area contributed by atoms with Gasteiger partial charge in [0.1, 0.15) is 12.4 Å². The van der Waals surface area contributed by atoms with Crippen LogP contribution in [0, 0.1) is 3.57 Å². The number of rotatable bonds is 6. The van der Waals surface area contributed by atoms with Crippen molar-refractivity contribution in [3.8, 4) is 0 Å². The molecule has 0 aliphatic heterocycles. The Bertz CT molecular complexity index is 691. The SMILES string of the molecule is O=c1[nH]c(=O)n(Cc2cn(COCCO)nn2)cc1I. The average molecular weight is 393 g/mol. The zero-order valence-corrected chi connectivity index (χ0v) is 12.5. The van der Waals surface area contributed by atoms with Crippen LogP contribution in [0.3, 0.4) is 0 Å². The molecular weight excluding hydrogens is 381 g/mol. The highest BCUT2D eigenvalue weighted by atomic mass is 127. The van der Waals surface area contributed by atoms with Gasteiger partial charge in [0.05, 0.1) is 29.5 Å². The van der Waals surface area contributed by atoms with E-state index in [-0.39, 0.29) is 26.5 Å². The van der Waals surface area contributed by atoms with Gasteiger partial charge in [0.15, 0.2) is 0 Å². The minimum Gasteiger partial charge on any atom is -0.394 e. The summed E-state index contributed by atoms with van der Waals surface area (Å²) in [7, 11) is 0. The smallest absolute Gasteiger partial charge is 0.328 e. The summed E-state index contributed by atoms with van der Waals surface area (Å²) < 4.78 is 8.29. The van der Waals surface area contributed by atoms with Crippen molar-refractivity contribution in [1.29, 1.82) is 0 Å². The monoisotopic (exact) mass is 393 g/mol. The van der Waals surface area contributed by atoms with Gasteiger partial charge in [0.2, 0.25) is 0 Å². The first kappa shape index (κ1) is 14.9. The molecule has 0 atom stereocenters. The van der Waals surface area contributed by atoms with Gasteiger partial charge < -0.3 is 9.84 Å². The molecule has 2 aromatic heterocycles. The molecule has 0 aromatic carbocycles. The van der Waals surface area contributed by atoms with Gasteiger partial charge in [-0.25, -0.2) is 9.48 Å². The summed E-state index contributed by atoms with van der Waals surface area (Å²) >= 11 is 1.85. The summed E-state index contributed by atoms with van der Waals surface area (Å²) in [6.07, 6.45) is 3.09. The van der Waals surface area contributed by atoms with E-state index in [4.69, 9.17) is 9.84 Å². The topological polar surface area (TPSA) is 115 Å². The fourth-order valence-electron chi connectivity index (χ4n) is 1.47. The molecule has 2 rings (SSSR count). The Labute approximate surface area is 126 Å². The van der Waals surface area contributed by atoms with E-state index < -0.39 is 11.2 Å². The molecule has 0 unspecified atom stereocenters. The molecule has 10 heteroatoms. The van der Waals surface area contributed by atoms with E-state index in [1.54, 1.807) is 6.20 Å². The fraction of sp³-hybridized carbons (Fsp3) is 0.400. The predicted molar refractivity (Wildman–Crippen MR) is 76.2 cm³/mol. The Morgan fingerprint density at radius 2 is 2.20 bits per heavy atom. The summed E-state index contributed by atoms with van der Waals surface area (Å²) in [5.74, 6) is 0. The summed E-state index contributed by atoms with van der Waals surface area (Å²) in [5.41, 5.74) is -0.350. The first-order valence-electron chi connectivity index (χ1n) is 5.67. The quantitative estimate of drug-likeness (QED) is 0.468. The van der Waals surface area contributed by atoms with E-state index in [1.807, 2.05) is 22.6 Å². The zero-order valence-electron chi connectivity index (χ0n) is 10.3. The maximum absolute atomic E-state index is 11.6. The van der Waals surface area contributed by atoms with Crippen molar-refractivity contribution in [2.24, 2.45) is 0 Å². The molecular formula is C10H12IN5O4. The van der Waals surface area contributed by atoms with Crippen LogP contribution in [-0.2, 0) is 18.0 Å². The van der Waals surface area contributed by atoms with Crippen molar-refractivity contribution in [1.82, 2.24) is 24.5 Å². The van der Waals surface area contributed by atoms with Crippen molar-refractivity contribution < 1.29 is 9.84 Å². The minimum atomic E-state index is -0.499. The van der Waals surface area contributed by atoms with E-state index in [1.165, 1.54) is 15.4 Å².